The number of carboxylic acid groups (broad SMARTS) is 1. The van der Waals surface area contributed by atoms with Gasteiger partial charge in [0.05, 0.1) is 5.60 Å². The smallest absolute Gasteiger partial charge is 0.303 e. The normalized spacial score (nSPS) is 14.5. The fourth-order valence-electron chi connectivity index (χ4n) is 1.90. The molecule has 0 aromatic heterocycles. The van der Waals surface area contributed by atoms with Crippen molar-refractivity contribution in [3.8, 4) is 0 Å². The van der Waals surface area contributed by atoms with Crippen LogP contribution >= 0.6 is 0 Å². The highest BCUT2D eigenvalue weighted by Gasteiger charge is 2.25. The Morgan fingerprint density at radius 1 is 1.38 bits per heavy atom. The van der Waals surface area contributed by atoms with E-state index in [4.69, 9.17) is 5.11 Å². The highest BCUT2D eigenvalue weighted by molar-refractivity contribution is 5.66. The molecule has 3 nitrogen and oxygen atoms in total. The van der Waals surface area contributed by atoms with Gasteiger partial charge in [0.15, 0.2) is 0 Å². The molecule has 0 amide bonds. The fraction of sp³-hybridized carbons (Fsp3) is 0.462. The monoisotopic (exact) mass is 222 g/mol. The van der Waals surface area contributed by atoms with E-state index in [1.165, 1.54) is 0 Å². The highest BCUT2D eigenvalue weighted by atomic mass is 16.4. The van der Waals surface area contributed by atoms with Crippen molar-refractivity contribution in [2.45, 2.75) is 39.2 Å². The molecule has 2 N–H and O–H groups in total. The largest absolute Gasteiger partial charge is 0.481 e. The molecule has 0 spiro atoms. The number of aryl methyl sites for hydroxylation is 2. The first-order chi connectivity index (χ1) is 7.33. The number of carboxylic acids is 1. The van der Waals surface area contributed by atoms with Gasteiger partial charge in [-0.15, -0.1) is 0 Å². The minimum absolute atomic E-state index is 0.0275. The van der Waals surface area contributed by atoms with E-state index in [0.29, 0.717) is 0 Å². The highest BCUT2D eigenvalue weighted by Crippen LogP contribution is 2.29. The van der Waals surface area contributed by atoms with E-state index in [-0.39, 0.29) is 12.8 Å². The predicted octanol–water partition coefficient (Wildman–Crippen LogP) is 2.38. The summed E-state index contributed by atoms with van der Waals surface area (Å²) in [5, 5.41) is 18.9. The van der Waals surface area contributed by atoms with E-state index in [9.17, 15) is 9.90 Å². The summed E-state index contributed by atoms with van der Waals surface area (Å²) in [5.41, 5.74) is 1.86. The molecule has 1 unspecified atom stereocenters. The lowest BCUT2D eigenvalue weighted by Gasteiger charge is -2.25. The van der Waals surface area contributed by atoms with E-state index >= 15 is 0 Å². The Kier molecular flexibility index (Phi) is 3.70. The van der Waals surface area contributed by atoms with Crippen LogP contribution < -0.4 is 0 Å². The zero-order chi connectivity index (χ0) is 12.3. The third kappa shape index (κ3) is 3.07. The number of rotatable bonds is 4. The van der Waals surface area contributed by atoms with Crippen molar-refractivity contribution in [1.29, 1.82) is 0 Å². The SMILES string of the molecule is Cc1ccc(C(C)(O)CCC(=O)O)c(C)c1. The lowest BCUT2D eigenvalue weighted by Crippen LogP contribution is -2.23. The topological polar surface area (TPSA) is 57.5 Å². The number of hydrogen-bond donors (Lipinski definition) is 2. The van der Waals surface area contributed by atoms with Crippen LogP contribution in [0.2, 0.25) is 0 Å². The van der Waals surface area contributed by atoms with E-state index in [1.54, 1.807) is 6.92 Å². The van der Waals surface area contributed by atoms with Crippen LogP contribution in [0.1, 0.15) is 36.5 Å². The maximum Gasteiger partial charge on any atom is 0.303 e. The van der Waals surface area contributed by atoms with E-state index in [1.807, 2.05) is 32.0 Å². The Hall–Kier alpha value is -1.35. The van der Waals surface area contributed by atoms with Crippen LogP contribution in [0.25, 0.3) is 0 Å². The Balaban J connectivity index is 2.92. The first-order valence-corrected chi connectivity index (χ1v) is 5.35. The second kappa shape index (κ2) is 4.66. The van der Waals surface area contributed by atoms with Gasteiger partial charge in [-0.1, -0.05) is 23.8 Å². The van der Waals surface area contributed by atoms with Crippen LogP contribution in [0.3, 0.4) is 0 Å². The minimum Gasteiger partial charge on any atom is -0.481 e. The van der Waals surface area contributed by atoms with Gasteiger partial charge in [0, 0.05) is 6.42 Å². The first-order valence-electron chi connectivity index (χ1n) is 5.35. The lowest BCUT2D eigenvalue weighted by atomic mass is 9.87. The van der Waals surface area contributed by atoms with Crippen molar-refractivity contribution in [2.24, 2.45) is 0 Å². The van der Waals surface area contributed by atoms with Gasteiger partial charge in [0.25, 0.3) is 0 Å². The molecular weight excluding hydrogens is 204 g/mol. The van der Waals surface area contributed by atoms with Crippen molar-refractivity contribution in [2.75, 3.05) is 0 Å². The van der Waals surface area contributed by atoms with Crippen molar-refractivity contribution in [1.82, 2.24) is 0 Å². The molecule has 0 heterocycles. The van der Waals surface area contributed by atoms with Gasteiger partial charge in [-0.25, -0.2) is 0 Å². The predicted molar refractivity (Wildman–Crippen MR) is 62.4 cm³/mol. The lowest BCUT2D eigenvalue weighted by molar-refractivity contribution is -0.138. The molecule has 0 aliphatic rings. The van der Waals surface area contributed by atoms with Gasteiger partial charge in [0.1, 0.15) is 0 Å². The minimum atomic E-state index is -1.07. The maximum atomic E-state index is 10.5. The summed E-state index contributed by atoms with van der Waals surface area (Å²) in [7, 11) is 0. The average Bonchev–Trinajstić information content (AvgIpc) is 2.14. The molecule has 0 saturated carbocycles. The average molecular weight is 222 g/mol. The molecule has 1 aromatic carbocycles. The molecule has 0 aliphatic carbocycles. The summed E-state index contributed by atoms with van der Waals surface area (Å²) >= 11 is 0. The van der Waals surface area contributed by atoms with Gasteiger partial charge in [-0.05, 0) is 38.3 Å². The van der Waals surface area contributed by atoms with E-state index < -0.39 is 11.6 Å². The summed E-state index contributed by atoms with van der Waals surface area (Å²) in [6, 6.07) is 5.79. The number of aliphatic hydroxyl groups is 1. The summed E-state index contributed by atoms with van der Waals surface area (Å²) in [4.78, 5) is 10.5. The molecule has 0 saturated heterocycles. The summed E-state index contributed by atoms with van der Waals surface area (Å²) in [5.74, 6) is -0.884. The Morgan fingerprint density at radius 3 is 2.50 bits per heavy atom. The quantitative estimate of drug-likeness (QED) is 0.822. The van der Waals surface area contributed by atoms with Gasteiger partial charge >= 0.3 is 5.97 Å². The number of benzene rings is 1. The van der Waals surface area contributed by atoms with Crippen molar-refractivity contribution in [3.05, 3.63) is 34.9 Å². The number of carbonyl (C=O) groups is 1. The summed E-state index contributed by atoms with van der Waals surface area (Å²) < 4.78 is 0. The van der Waals surface area contributed by atoms with Crippen LogP contribution in [-0.4, -0.2) is 16.2 Å². The third-order valence-electron chi connectivity index (χ3n) is 2.79. The molecule has 88 valence electrons. The van der Waals surface area contributed by atoms with E-state index in [0.717, 1.165) is 16.7 Å². The third-order valence-corrected chi connectivity index (χ3v) is 2.79. The molecule has 1 atom stereocenters. The van der Waals surface area contributed by atoms with Crippen LogP contribution in [0, 0.1) is 13.8 Å². The van der Waals surface area contributed by atoms with E-state index in [2.05, 4.69) is 0 Å². The van der Waals surface area contributed by atoms with Crippen molar-refractivity contribution >= 4 is 5.97 Å². The molecule has 0 radical (unpaired) electrons. The fourth-order valence-corrected chi connectivity index (χ4v) is 1.90. The van der Waals surface area contributed by atoms with Crippen LogP contribution in [0.5, 0.6) is 0 Å². The standard InChI is InChI=1S/C13H18O3/c1-9-4-5-11(10(2)8-9)13(3,16)7-6-12(14)15/h4-5,8,16H,6-7H2,1-3H3,(H,14,15). The molecular formula is C13H18O3. The van der Waals surface area contributed by atoms with Crippen LogP contribution in [-0.2, 0) is 10.4 Å². The van der Waals surface area contributed by atoms with Crippen molar-refractivity contribution in [3.63, 3.8) is 0 Å². The van der Waals surface area contributed by atoms with Crippen LogP contribution in [0.15, 0.2) is 18.2 Å². The van der Waals surface area contributed by atoms with Crippen LogP contribution in [0.4, 0.5) is 0 Å². The summed E-state index contributed by atoms with van der Waals surface area (Å²) in [6.45, 7) is 5.58. The molecule has 0 bridgehead atoms. The second-order valence-corrected chi connectivity index (χ2v) is 4.49. The molecule has 1 rings (SSSR count). The molecule has 3 heteroatoms. The zero-order valence-corrected chi connectivity index (χ0v) is 9.95. The van der Waals surface area contributed by atoms with Crippen molar-refractivity contribution < 1.29 is 15.0 Å². The number of aliphatic carboxylic acids is 1. The Labute approximate surface area is 95.7 Å². The Morgan fingerprint density at radius 2 is 2.00 bits per heavy atom. The molecule has 0 aliphatic heterocycles. The van der Waals surface area contributed by atoms with Gasteiger partial charge in [-0.2, -0.15) is 0 Å². The number of hydrogen-bond acceptors (Lipinski definition) is 2. The van der Waals surface area contributed by atoms with Gasteiger partial charge in [0.2, 0.25) is 0 Å². The van der Waals surface area contributed by atoms with Gasteiger partial charge in [-0.3, -0.25) is 4.79 Å². The van der Waals surface area contributed by atoms with Gasteiger partial charge < -0.3 is 10.2 Å². The Bertz CT molecular complexity index is 394. The second-order valence-electron chi connectivity index (χ2n) is 4.49. The molecule has 0 fully saturated rings. The maximum absolute atomic E-state index is 10.5. The zero-order valence-electron chi connectivity index (χ0n) is 9.95. The molecule has 16 heavy (non-hydrogen) atoms. The first kappa shape index (κ1) is 12.7. The molecule has 1 aromatic rings. The summed E-state index contributed by atoms with van der Waals surface area (Å²) in [6.07, 6.45) is 0.201.